The van der Waals surface area contributed by atoms with Gasteiger partial charge in [-0.05, 0) is 43.7 Å². The highest BCUT2D eigenvalue weighted by Gasteiger charge is 2.18. The van der Waals surface area contributed by atoms with Gasteiger partial charge in [-0.25, -0.2) is 4.98 Å². The van der Waals surface area contributed by atoms with Crippen molar-refractivity contribution in [2.75, 3.05) is 31.1 Å². The Balaban J connectivity index is 1.54. The number of rotatable bonds is 5. The number of nitrogens with zero attached hydrogens (tertiary/aromatic N) is 3. The highest BCUT2D eigenvalue weighted by Crippen LogP contribution is 2.19. The molecule has 1 saturated heterocycles. The summed E-state index contributed by atoms with van der Waals surface area (Å²) in [4.78, 5) is 9.19. The number of hydrogen-bond donors (Lipinski definition) is 0. The quantitative estimate of drug-likeness (QED) is 0.823. The average Bonchev–Trinajstić information content (AvgIpc) is 2.56. The predicted octanol–water partition coefficient (Wildman–Crippen LogP) is 3.84. The maximum Gasteiger partial charge on any atom is 0.128 e. The lowest BCUT2D eigenvalue weighted by molar-refractivity contribution is 0.238. The standard InChI is InChI=1S/C19H24ClN3O/c1-15(2)24-18-5-3-4-16(12-18)14-22-8-10-23(11-9-22)19-7-6-17(20)13-21-19/h3-7,12-13,15H,8-11,14H2,1-2H3. The van der Waals surface area contributed by atoms with Crippen LogP contribution in [0.2, 0.25) is 5.02 Å². The van der Waals surface area contributed by atoms with Crippen LogP contribution in [-0.2, 0) is 6.54 Å². The molecule has 128 valence electrons. The van der Waals surface area contributed by atoms with Gasteiger partial charge in [0.25, 0.3) is 0 Å². The summed E-state index contributed by atoms with van der Waals surface area (Å²) < 4.78 is 5.78. The maximum absolute atomic E-state index is 5.91. The van der Waals surface area contributed by atoms with Crippen molar-refractivity contribution in [1.29, 1.82) is 0 Å². The van der Waals surface area contributed by atoms with Gasteiger partial charge in [0.15, 0.2) is 0 Å². The number of anilines is 1. The summed E-state index contributed by atoms with van der Waals surface area (Å²) in [6, 6.07) is 12.3. The second-order valence-electron chi connectivity index (χ2n) is 6.41. The predicted molar refractivity (Wildman–Crippen MR) is 98.9 cm³/mol. The first kappa shape index (κ1) is 17.1. The molecular formula is C19H24ClN3O. The van der Waals surface area contributed by atoms with Crippen LogP contribution in [0.15, 0.2) is 42.6 Å². The van der Waals surface area contributed by atoms with Crippen LogP contribution in [0.25, 0.3) is 0 Å². The smallest absolute Gasteiger partial charge is 0.128 e. The zero-order chi connectivity index (χ0) is 16.9. The molecule has 0 saturated carbocycles. The van der Waals surface area contributed by atoms with Gasteiger partial charge in [-0.15, -0.1) is 0 Å². The highest BCUT2D eigenvalue weighted by atomic mass is 35.5. The fourth-order valence-electron chi connectivity index (χ4n) is 2.94. The third-order valence-electron chi connectivity index (χ3n) is 4.08. The molecule has 0 amide bonds. The van der Waals surface area contributed by atoms with E-state index in [-0.39, 0.29) is 6.10 Å². The van der Waals surface area contributed by atoms with E-state index in [9.17, 15) is 0 Å². The van der Waals surface area contributed by atoms with Crippen molar-refractivity contribution in [1.82, 2.24) is 9.88 Å². The molecule has 5 heteroatoms. The molecule has 0 aliphatic carbocycles. The summed E-state index contributed by atoms with van der Waals surface area (Å²) in [5.41, 5.74) is 1.30. The van der Waals surface area contributed by atoms with Crippen LogP contribution in [0.3, 0.4) is 0 Å². The van der Waals surface area contributed by atoms with Gasteiger partial charge in [-0.2, -0.15) is 0 Å². The number of benzene rings is 1. The lowest BCUT2D eigenvalue weighted by Crippen LogP contribution is -2.46. The summed E-state index contributed by atoms with van der Waals surface area (Å²) in [6.45, 7) is 9.08. The van der Waals surface area contributed by atoms with Crippen molar-refractivity contribution in [3.8, 4) is 5.75 Å². The minimum Gasteiger partial charge on any atom is -0.491 e. The van der Waals surface area contributed by atoms with Crippen LogP contribution in [0.5, 0.6) is 5.75 Å². The Morgan fingerprint density at radius 1 is 1.12 bits per heavy atom. The Hall–Kier alpha value is -1.78. The van der Waals surface area contributed by atoms with Gasteiger partial charge >= 0.3 is 0 Å². The van der Waals surface area contributed by atoms with E-state index in [2.05, 4.69) is 46.8 Å². The Morgan fingerprint density at radius 3 is 2.58 bits per heavy atom. The van der Waals surface area contributed by atoms with Gasteiger partial charge in [0, 0.05) is 38.9 Å². The minimum atomic E-state index is 0.204. The monoisotopic (exact) mass is 345 g/mol. The molecule has 0 spiro atoms. The molecular weight excluding hydrogens is 322 g/mol. The Bertz CT molecular complexity index is 652. The Morgan fingerprint density at radius 2 is 1.92 bits per heavy atom. The third-order valence-corrected chi connectivity index (χ3v) is 4.31. The van der Waals surface area contributed by atoms with Gasteiger partial charge < -0.3 is 9.64 Å². The van der Waals surface area contributed by atoms with E-state index < -0.39 is 0 Å². The fourth-order valence-corrected chi connectivity index (χ4v) is 3.05. The summed E-state index contributed by atoms with van der Waals surface area (Å²) in [7, 11) is 0. The molecule has 2 aromatic rings. The van der Waals surface area contributed by atoms with Crippen LogP contribution >= 0.6 is 11.6 Å². The molecule has 1 aromatic heterocycles. The van der Waals surface area contributed by atoms with E-state index in [1.165, 1.54) is 5.56 Å². The Kier molecular flexibility index (Phi) is 5.59. The van der Waals surface area contributed by atoms with E-state index in [0.29, 0.717) is 5.02 Å². The van der Waals surface area contributed by atoms with Crippen molar-refractivity contribution >= 4 is 17.4 Å². The fraction of sp³-hybridized carbons (Fsp3) is 0.421. The zero-order valence-electron chi connectivity index (χ0n) is 14.3. The van der Waals surface area contributed by atoms with Gasteiger partial charge in [0.1, 0.15) is 11.6 Å². The van der Waals surface area contributed by atoms with Crippen LogP contribution in [0, 0.1) is 0 Å². The average molecular weight is 346 g/mol. The molecule has 1 fully saturated rings. The van der Waals surface area contributed by atoms with Gasteiger partial charge in [0.2, 0.25) is 0 Å². The molecule has 4 nitrogen and oxygen atoms in total. The van der Waals surface area contributed by atoms with Gasteiger partial charge in [-0.1, -0.05) is 23.7 Å². The van der Waals surface area contributed by atoms with Crippen LogP contribution in [-0.4, -0.2) is 42.2 Å². The second kappa shape index (κ2) is 7.86. The summed E-state index contributed by atoms with van der Waals surface area (Å²) in [6.07, 6.45) is 1.92. The van der Waals surface area contributed by atoms with E-state index in [0.717, 1.165) is 44.3 Å². The van der Waals surface area contributed by atoms with Gasteiger partial charge in [-0.3, -0.25) is 4.90 Å². The molecule has 1 aromatic carbocycles. The number of piperazine rings is 1. The van der Waals surface area contributed by atoms with Crippen LogP contribution in [0.4, 0.5) is 5.82 Å². The first-order valence-corrected chi connectivity index (χ1v) is 8.82. The molecule has 0 bridgehead atoms. The van der Waals surface area contributed by atoms with Gasteiger partial charge in [0.05, 0.1) is 11.1 Å². The molecule has 1 aliphatic rings. The molecule has 1 aliphatic heterocycles. The summed E-state index contributed by atoms with van der Waals surface area (Å²) >= 11 is 5.91. The Labute approximate surface area is 149 Å². The molecule has 3 rings (SSSR count). The topological polar surface area (TPSA) is 28.6 Å². The number of halogens is 1. The first-order valence-electron chi connectivity index (χ1n) is 8.44. The van der Waals surface area contributed by atoms with Crippen molar-refractivity contribution in [3.05, 3.63) is 53.2 Å². The molecule has 0 N–H and O–H groups in total. The first-order chi connectivity index (χ1) is 11.6. The minimum absolute atomic E-state index is 0.204. The van der Waals surface area contributed by atoms with E-state index in [4.69, 9.17) is 16.3 Å². The highest BCUT2D eigenvalue weighted by molar-refractivity contribution is 6.30. The molecule has 0 unspecified atom stereocenters. The number of aromatic nitrogens is 1. The SMILES string of the molecule is CC(C)Oc1cccc(CN2CCN(c3ccc(Cl)cn3)CC2)c1. The van der Waals surface area contributed by atoms with Crippen molar-refractivity contribution in [2.24, 2.45) is 0 Å². The van der Waals surface area contributed by atoms with Crippen LogP contribution < -0.4 is 9.64 Å². The lowest BCUT2D eigenvalue weighted by Gasteiger charge is -2.35. The van der Waals surface area contributed by atoms with E-state index in [1.54, 1.807) is 6.20 Å². The van der Waals surface area contributed by atoms with Crippen molar-refractivity contribution in [2.45, 2.75) is 26.5 Å². The van der Waals surface area contributed by atoms with E-state index in [1.807, 2.05) is 18.2 Å². The molecule has 24 heavy (non-hydrogen) atoms. The zero-order valence-corrected chi connectivity index (χ0v) is 15.0. The summed E-state index contributed by atoms with van der Waals surface area (Å²) in [5.74, 6) is 1.96. The largest absolute Gasteiger partial charge is 0.491 e. The number of hydrogen-bond acceptors (Lipinski definition) is 4. The number of pyridine rings is 1. The maximum atomic E-state index is 5.91. The molecule has 2 heterocycles. The summed E-state index contributed by atoms with van der Waals surface area (Å²) in [5, 5.41) is 0.681. The number of ether oxygens (including phenoxy) is 1. The van der Waals surface area contributed by atoms with Crippen molar-refractivity contribution in [3.63, 3.8) is 0 Å². The molecule has 0 radical (unpaired) electrons. The third kappa shape index (κ3) is 4.62. The van der Waals surface area contributed by atoms with E-state index >= 15 is 0 Å². The molecule has 0 atom stereocenters. The normalized spacial score (nSPS) is 15.8. The second-order valence-corrected chi connectivity index (χ2v) is 6.85. The lowest BCUT2D eigenvalue weighted by atomic mass is 10.2. The van der Waals surface area contributed by atoms with Crippen LogP contribution in [0.1, 0.15) is 19.4 Å². The van der Waals surface area contributed by atoms with Crippen molar-refractivity contribution < 1.29 is 4.74 Å².